The smallest absolute Gasteiger partial charge is 0.166 e. The number of benzene rings is 1. The number of imidazole rings is 1. The zero-order chi connectivity index (χ0) is 14.1. The molecule has 0 aliphatic carbocycles. The van der Waals surface area contributed by atoms with Gasteiger partial charge in [-0.3, -0.25) is 0 Å². The van der Waals surface area contributed by atoms with Crippen LogP contribution in [0.25, 0.3) is 11.0 Å². The van der Waals surface area contributed by atoms with E-state index in [4.69, 9.17) is 23.2 Å². The standard InChI is InChI=1S/C14H11Cl2N3S/c1-8-2-3-11-12(4-8)19-14(18-11)20-7-9-6-17-13(16)5-10(9)15/h2-6H,7H2,1H3,(H,18,19). The summed E-state index contributed by atoms with van der Waals surface area (Å²) in [5.74, 6) is 0.696. The summed E-state index contributed by atoms with van der Waals surface area (Å²) in [6.07, 6.45) is 1.70. The lowest BCUT2D eigenvalue weighted by Gasteiger charge is -2.02. The summed E-state index contributed by atoms with van der Waals surface area (Å²) < 4.78 is 0. The fraction of sp³-hybridized carbons (Fsp3) is 0.143. The molecule has 20 heavy (non-hydrogen) atoms. The number of hydrogen-bond donors (Lipinski definition) is 1. The average molecular weight is 324 g/mol. The third-order valence-corrected chi connectivity index (χ3v) is 4.36. The highest BCUT2D eigenvalue weighted by atomic mass is 35.5. The number of aromatic nitrogens is 3. The molecule has 0 aliphatic heterocycles. The lowest BCUT2D eigenvalue weighted by Crippen LogP contribution is -1.86. The molecule has 3 rings (SSSR count). The number of pyridine rings is 1. The van der Waals surface area contributed by atoms with Crippen molar-refractivity contribution in [1.29, 1.82) is 0 Å². The number of aromatic amines is 1. The summed E-state index contributed by atoms with van der Waals surface area (Å²) in [5, 5.41) is 1.91. The Bertz CT molecular complexity index is 770. The maximum atomic E-state index is 6.13. The number of aryl methyl sites for hydroxylation is 1. The average Bonchev–Trinajstić information content (AvgIpc) is 2.79. The molecule has 0 amide bonds. The molecule has 0 fully saturated rings. The zero-order valence-corrected chi connectivity index (χ0v) is 13.0. The molecule has 0 unspecified atom stereocenters. The molecule has 0 bridgehead atoms. The van der Waals surface area contributed by atoms with Crippen LogP contribution in [-0.4, -0.2) is 15.0 Å². The number of H-pyrrole nitrogens is 1. The molecule has 6 heteroatoms. The molecule has 0 spiro atoms. The van der Waals surface area contributed by atoms with Crippen molar-refractivity contribution in [2.75, 3.05) is 0 Å². The topological polar surface area (TPSA) is 41.6 Å². The van der Waals surface area contributed by atoms with Crippen LogP contribution in [0.2, 0.25) is 10.2 Å². The van der Waals surface area contributed by atoms with E-state index < -0.39 is 0 Å². The van der Waals surface area contributed by atoms with Crippen LogP contribution in [-0.2, 0) is 5.75 Å². The third-order valence-electron chi connectivity index (χ3n) is 2.88. The van der Waals surface area contributed by atoms with Crippen LogP contribution in [0.15, 0.2) is 35.6 Å². The van der Waals surface area contributed by atoms with Crippen molar-refractivity contribution >= 4 is 46.0 Å². The van der Waals surface area contributed by atoms with Crippen molar-refractivity contribution in [2.24, 2.45) is 0 Å². The summed E-state index contributed by atoms with van der Waals surface area (Å²) >= 11 is 13.5. The summed E-state index contributed by atoms with van der Waals surface area (Å²) in [6.45, 7) is 2.06. The summed E-state index contributed by atoms with van der Waals surface area (Å²) in [5.41, 5.74) is 4.17. The van der Waals surface area contributed by atoms with Gasteiger partial charge in [-0.2, -0.15) is 0 Å². The van der Waals surface area contributed by atoms with Crippen molar-refractivity contribution in [2.45, 2.75) is 17.8 Å². The highest BCUT2D eigenvalue weighted by molar-refractivity contribution is 7.98. The molecule has 3 nitrogen and oxygen atoms in total. The van der Waals surface area contributed by atoms with Crippen LogP contribution in [0, 0.1) is 6.92 Å². The SMILES string of the molecule is Cc1ccc2nc(SCc3cnc(Cl)cc3Cl)[nH]c2c1. The number of nitrogens with zero attached hydrogens (tertiary/aromatic N) is 2. The number of rotatable bonds is 3. The lowest BCUT2D eigenvalue weighted by molar-refractivity contribution is 1.08. The second-order valence-electron chi connectivity index (χ2n) is 4.45. The Balaban J connectivity index is 1.79. The van der Waals surface area contributed by atoms with Gasteiger partial charge in [-0.05, 0) is 36.2 Å². The molecular weight excluding hydrogens is 313 g/mol. The Hall–Kier alpha value is -1.23. The van der Waals surface area contributed by atoms with Gasteiger partial charge in [0.25, 0.3) is 0 Å². The van der Waals surface area contributed by atoms with Gasteiger partial charge in [0, 0.05) is 17.0 Å². The highest BCUT2D eigenvalue weighted by Crippen LogP contribution is 2.27. The zero-order valence-electron chi connectivity index (χ0n) is 10.7. The Morgan fingerprint density at radius 1 is 1.25 bits per heavy atom. The van der Waals surface area contributed by atoms with Crippen molar-refractivity contribution in [3.8, 4) is 0 Å². The van der Waals surface area contributed by atoms with Crippen LogP contribution in [0.5, 0.6) is 0 Å². The normalized spacial score (nSPS) is 11.2. The Morgan fingerprint density at radius 3 is 2.90 bits per heavy atom. The third kappa shape index (κ3) is 2.92. The number of nitrogens with one attached hydrogen (secondary N) is 1. The molecule has 0 saturated carbocycles. The minimum atomic E-state index is 0.406. The first kappa shape index (κ1) is 13.7. The molecule has 1 aromatic carbocycles. The van der Waals surface area contributed by atoms with Crippen molar-refractivity contribution in [3.63, 3.8) is 0 Å². The number of halogens is 2. The fourth-order valence-electron chi connectivity index (χ4n) is 1.86. The van der Waals surface area contributed by atoms with Gasteiger partial charge < -0.3 is 4.98 Å². The minimum absolute atomic E-state index is 0.406. The van der Waals surface area contributed by atoms with Gasteiger partial charge in [-0.25, -0.2) is 9.97 Å². The van der Waals surface area contributed by atoms with Gasteiger partial charge in [0.05, 0.1) is 11.0 Å². The molecule has 0 atom stereocenters. The van der Waals surface area contributed by atoms with E-state index in [0.717, 1.165) is 21.8 Å². The second kappa shape index (κ2) is 5.64. The van der Waals surface area contributed by atoms with Crippen LogP contribution >= 0.6 is 35.0 Å². The van der Waals surface area contributed by atoms with Crippen LogP contribution in [0.3, 0.4) is 0 Å². The molecule has 2 aromatic heterocycles. The van der Waals surface area contributed by atoms with Gasteiger partial charge in [0.15, 0.2) is 5.16 Å². The highest BCUT2D eigenvalue weighted by Gasteiger charge is 2.07. The minimum Gasteiger partial charge on any atom is -0.333 e. The van der Waals surface area contributed by atoms with E-state index in [-0.39, 0.29) is 0 Å². The number of thioether (sulfide) groups is 1. The molecule has 0 aliphatic rings. The molecular formula is C14H11Cl2N3S. The van der Waals surface area contributed by atoms with E-state index in [1.54, 1.807) is 24.0 Å². The lowest BCUT2D eigenvalue weighted by atomic mass is 10.2. The Labute approximate surface area is 130 Å². The van der Waals surface area contributed by atoms with Crippen molar-refractivity contribution < 1.29 is 0 Å². The first-order valence-electron chi connectivity index (χ1n) is 6.01. The second-order valence-corrected chi connectivity index (χ2v) is 6.21. The van der Waals surface area contributed by atoms with Gasteiger partial charge >= 0.3 is 0 Å². The molecule has 0 saturated heterocycles. The van der Waals surface area contributed by atoms with E-state index in [9.17, 15) is 0 Å². The molecule has 0 radical (unpaired) electrons. The van der Waals surface area contributed by atoms with E-state index in [0.29, 0.717) is 15.9 Å². The first-order valence-corrected chi connectivity index (χ1v) is 7.75. The van der Waals surface area contributed by atoms with Gasteiger partial charge in [-0.15, -0.1) is 0 Å². The van der Waals surface area contributed by atoms with Crippen LogP contribution < -0.4 is 0 Å². The van der Waals surface area contributed by atoms with Gasteiger partial charge in [0.1, 0.15) is 5.15 Å². The van der Waals surface area contributed by atoms with Crippen LogP contribution in [0.4, 0.5) is 0 Å². The van der Waals surface area contributed by atoms with E-state index in [1.165, 1.54) is 5.56 Å². The fourth-order valence-corrected chi connectivity index (χ4v) is 3.24. The summed E-state index contributed by atoms with van der Waals surface area (Å²) in [4.78, 5) is 11.9. The molecule has 102 valence electrons. The quantitative estimate of drug-likeness (QED) is 0.552. The Morgan fingerprint density at radius 2 is 2.10 bits per heavy atom. The first-order chi connectivity index (χ1) is 9.61. The molecule has 2 heterocycles. The van der Waals surface area contributed by atoms with Crippen molar-refractivity contribution in [3.05, 3.63) is 51.8 Å². The monoisotopic (exact) mass is 323 g/mol. The maximum absolute atomic E-state index is 6.13. The summed E-state index contributed by atoms with van der Waals surface area (Å²) in [6, 6.07) is 7.81. The Kier molecular flexibility index (Phi) is 3.87. The van der Waals surface area contributed by atoms with Crippen LogP contribution in [0.1, 0.15) is 11.1 Å². The predicted molar refractivity (Wildman–Crippen MR) is 84.6 cm³/mol. The van der Waals surface area contributed by atoms with Gasteiger partial charge in [0.2, 0.25) is 0 Å². The predicted octanol–water partition coefficient (Wildman–Crippen LogP) is 4.87. The van der Waals surface area contributed by atoms with E-state index in [1.807, 2.05) is 6.07 Å². The van der Waals surface area contributed by atoms with E-state index in [2.05, 4.69) is 34.0 Å². The largest absolute Gasteiger partial charge is 0.333 e. The van der Waals surface area contributed by atoms with Gasteiger partial charge in [-0.1, -0.05) is 41.0 Å². The number of fused-ring (bicyclic) bond motifs is 1. The molecule has 3 aromatic rings. The number of hydrogen-bond acceptors (Lipinski definition) is 3. The summed E-state index contributed by atoms with van der Waals surface area (Å²) in [7, 11) is 0. The van der Waals surface area contributed by atoms with Crippen molar-refractivity contribution in [1.82, 2.24) is 15.0 Å². The molecule has 1 N–H and O–H groups in total. The van der Waals surface area contributed by atoms with E-state index >= 15 is 0 Å². The maximum Gasteiger partial charge on any atom is 0.166 e.